The third kappa shape index (κ3) is 5.00. The van der Waals surface area contributed by atoms with Crippen molar-refractivity contribution in [3.05, 3.63) is 47.5 Å². The lowest BCUT2D eigenvalue weighted by atomic mass is 10.1. The van der Waals surface area contributed by atoms with Crippen LogP contribution in [-0.2, 0) is 13.0 Å². The molecule has 1 heterocycles. The quantitative estimate of drug-likeness (QED) is 0.414. The van der Waals surface area contributed by atoms with E-state index in [1.807, 2.05) is 30.3 Å². The van der Waals surface area contributed by atoms with Gasteiger partial charge in [0.15, 0.2) is 29.0 Å². The summed E-state index contributed by atoms with van der Waals surface area (Å²) in [5.41, 5.74) is 2.32. The van der Waals surface area contributed by atoms with E-state index in [4.69, 9.17) is 18.9 Å². The van der Waals surface area contributed by atoms with Gasteiger partial charge in [-0.1, -0.05) is 12.1 Å². The fraction of sp³-hybridized carbons (Fsp3) is 0.381. The summed E-state index contributed by atoms with van der Waals surface area (Å²) in [4.78, 5) is 4.27. The van der Waals surface area contributed by atoms with E-state index in [1.54, 1.807) is 21.3 Å². The third-order valence-electron chi connectivity index (χ3n) is 4.50. The van der Waals surface area contributed by atoms with E-state index >= 15 is 0 Å². The first-order valence-corrected chi connectivity index (χ1v) is 9.27. The molecule has 2 N–H and O–H groups in total. The van der Waals surface area contributed by atoms with Crippen molar-refractivity contribution >= 4 is 5.96 Å². The minimum Gasteiger partial charge on any atom is -0.493 e. The Morgan fingerprint density at radius 1 is 0.964 bits per heavy atom. The van der Waals surface area contributed by atoms with Gasteiger partial charge in [0.05, 0.1) is 14.2 Å². The average Bonchev–Trinajstić information content (AvgIpc) is 3.21. The van der Waals surface area contributed by atoms with Gasteiger partial charge >= 0.3 is 0 Å². The van der Waals surface area contributed by atoms with Crippen molar-refractivity contribution in [2.75, 3.05) is 34.6 Å². The topological polar surface area (TPSA) is 73.3 Å². The van der Waals surface area contributed by atoms with E-state index in [0.717, 1.165) is 53.9 Å². The number of ether oxygens (including phenoxy) is 4. The van der Waals surface area contributed by atoms with Crippen LogP contribution >= 0.6 is 0 Å². The van der Waals surface area contributed by atoms with Crippen LogP contribution in [0.25, 0.3) is 0 Å². The number of rotatable bonds is 8. The molecule has 1 aliphatic rings. The Bertz CT molecular complexity index is 823. The predicted octanol–water partition coefficient (Wildman–Crippen LogP) is 2.73. The summed E-state index contributed by atoms with van der Waals surface area (Å²) in [5, 5.41) is 6.66. The summed E-state index contributed by atoms with van der Waals surface area (Å²) in [7, 11) is 5.06. The van der Waals surface area contributed by atoms with Crippen LogP contribution in [0.15, 0.2) is 41.4 Å². The van der Waals surface area contributed by atoms with Crippen LogP contribution in [0.4, 0.5) is 0 Å². The molecule has 2 aromatic carbocycles. The van der Waals surface area contributed by atoms with E-state index in [1.165, 1.54) is 5.56 Å². The van der Waals surface area contributed by atoms with Gasteiger partial charge in [0.25, 0.3) is 0 Å². The number of aryl methyl sites for hydroxylation is 1. The van der Waals surface area contributed by atoms with Crippen molar-refractivity contribution in [2.24, 2.45) is 4.99 Å². The van der Waals surface area contributed by atoms with Crippen LogP contribution < -0.4 is 29.6 Å². The number of hydrogen-bond donors (Lipinski definition) is 2. The fourth-order valence-corrected chi connectivity index (χ4v) is 2.99. The number of aliphatic imine (C=N–C) groups is 1. The summed E-state index contributed by atoms with van der Waals surface area (Å²) in [5.74, 6) is 3.86. The van der Waals surface area contributed by atoms with Crippen molar-refractivity contribution in [2.45, 2.75) is 19.4 Å². The number of benzene rings is 2. The number of fused-ring (bicyclic) bond motifs is 1. The Balaban J connectivity index is 1.42. The van der Waals surface area contributed by atoms with Crippen LogP contribution in [0.2, 0.25) is 0 Å². The Labute approximate surface area is 165 Å². The van der Waals surface area contributed by atoms with E-state index in [0.29, 0.717) is 6.54 Å². The van der Waals surface area contributed by atoms with Gasteiger partial charge in [-0.25, -0.2) is 0 Å². The molecular weight excluding hydrogens is 358 g/mol. The van der Waals surface area contributed by atoms with Crippen LogP contribution in [-0.4, -0.2) is 40.6 Å². The van der Waals surface area contributed by atoms with Crippen molar-refractivity contribution < 1.29 is 18.9 Å². The first-order valence-electron chi connectivity index (χ1n) is 9.27. The highest BCUT2D eigenvalue weighted by Gasteiger charge is 2.13. The van der Waals surface area contributed by atoms with Gasteiger partial charge in [0.1, 0.15) is 0 Å². The maximum absolute atomic E-state index is 5.41. The minimum absolute atomic E-state index is 0.287. The van der Waals surface area contributed by atoms with Crippen molar-refractivity contribution in [3.63, 3.8) is 0 Å². The summed E-state index contributed by atoms with van der Waals surface area (Å²) >= 11 is 0. The zero-order chi connectivity index (χ0) is 19.8. The molecule has 0 atom stereocenters. The molecule has 3 rings (SSSR count). The highest BCUT2D eigenvalue weighted by atomic mass is 16.7. The average molecular weight is 385 g/mol. The molecule has 0 unspecified atom stereocenters. The molecule has 0 aliphatic carbocycles. The molecule has 0 radical (unpaired) electrons. The van der Waals surface area contributed by atoms with E-state index in [2.05, 4.69) is 21.7 Å². The number of nitrogens with zero attached hydrogens (tertiary/aromatic N) is 1. The fourth-order valence-electron chi connectivity index (χ4n) is 2.99. The molecule has 2 aromatic rings. The molecule has 0 aromatic heterocycles. The first kappa shape index (κ1) is 19.7. The van der Waals surface area contributed by atoms with Gasteiger partial charge in [0, 0.05) is 20.1 Å². The van der Waals surface area contributed by atoms with Gasteiger partial charge in [-0.2, -0.15) is 0 Å². The Morgan fingerprint density at radius 3 is 2.54 bits per heavy atom. The van der Waals surface area contributed by atoms with Crippen LogP contribution in [0.1, 0.15) is 17.5 Å². The lowest BCUT2D eigenvalue weighted by molar-refractivity contribution is 0.174. The predicted molar refractivity (Wildman–Crippen MR) is 109 cm³/mol. The lowest BCUT2D eigenvalue weighted by Gasteiger charge is -2.13. The van der Waals surface area contributed by atoms with Gasteiger partial charge < -0.3 is 29.6 Å². The zero-order valence-corrected chi connectivity index (χ0v) is 16.6. The molecule has 150 valence electrons. The normalized spacial score (nSPS) is 12.6. The molecule has 0 bridgehead atoms. The molecule has 1 aliphatic heterocycles. The van der Waals surface area contributed by atoms with Gasteiger partial charge in [0.2, 0.25) is 6.79 Å². The molecule has 0 fully saturated rings. The minimum atomic E-state index is 0.287. The summed E-state index contributed by atoms with van der Waals surface area (Å²) < 4.78 is 21.4. The summed E-state index contributed by atoms with van der Waals surface area (Å²) in [6, 6.07) is 12.0. The van der Waals surface area contributed by atoms with Crippen LogP contribution in [0.3, 0.4) is 0 Å². The van der Waals surface area contributed by atoms with Gasteiger partial charge in [-0.05, 0) is 48.2 Å². The highest BCUT2D eigenvalue weighted by Crippen LogP contribution is 2.32. The number of guanidine groups is 1. The largest absolute Gasteiger partial charge is 0.493 e. The molecule has 0 saturated carbocycles. The Morgan fingerprint density at radius 2 is 1.75 bits per heavy atom. The molecule has 0 spiro atoms. The SMILES string of the molecule is CN=C(NCCCc1ccc(OC)c(OC)c1)NCc1ccc2c(c1)OCO2. The smallest absolute Gasteiger partial charge is 0.231 e. The van der Waals surface area contributed by atoms with E-state index < -0.39 is 0 Å². The van der Waals surface area contributed by atoms with Gasteiger partial charge in [-0.15, -0.1) is 0 Å². The first-order chi connectivity index (χ1) is 13.7. The van der Waals surface area contributed by atoms with Crippen LogP contribution in [0, 0.1) is 0 Å². The van der Waals surface area contributed by atoms with E-state index in [-0.39, 0.29) is 6.79 Å². The van der Waals surface area contributed by atoms with Crippen molar-refractivity contribution in [3.8, 4) is 23.0 Å². The standard InChI is InChI=1S/C21H27N3O4/c1-22-21(24-13-16-7-9-18-20(12-16)28-14-27-18)23-10-4-5-15-6-8-17(25-2)19(11-15)26-3/h6-9,11-12H,4-5,10,13-14H2,1-3H3,(H2,22,23,24). The zero-order valence-electron chi connectivity index (χ0n) is 16.6. The lowest BCUT2D eigenvalue weighted by Crippen LogP contribution is -2.37. The summed E-state index contributed by atoms with van der Waals surface area (Å²) in [6.07, 6.45) is 1.91. The number of nitrogens with one attached hydrogen (secondary N) is 2. The van der Waals surface area contributed by atoms with Crippen LogP contribution in [0.5, 0.6) is 23.0 Å². The van der Waals surface area contributed by atoms with E-state index in [9.17, 15) is 0 Å². The number of hydrogen-bond acceptors (Lipinski definition) is 5. The number of methoxy groups -OCH3 is 2. The molecule has 0 amide bonds. The molecule has 0 saturated heterocycles. The third-order valence-corrected chi connectivity index (χ3v) is 4.50. The second-order valence-corrected chi connectivity index (χ2v) is 6.33. The second kappa shape index (κ2) is 9.73. The Kier molecular flexibility index (Phi) is 6.84. The molecule has 7 heteroatoms. The Hall–Kier alpha value is -3.09. The second-order valence-electron chi connectivity index (χ2n) is 6.33. The van der Waals surface area contributed by atoms with Crippen molar-refractivity contribution in [1.29, 1.82) is 0 Å². The molecule has 7 nitrogen and oxygen atoms in total. The van der Waals surface area contributed by atoms with Gasteiger partial charge in [-0.3, -0.25) is 4.99 Å². The maximum atomic E-state index is 5.41. The molecule has 28 heavy (non-hydrogen) atoms. The molecular formula is C21H27N3O4. The maximum Gasteiger partial charge on any atom is 0.231 e. The summed E-state index contributed by atoms with van der Waals surface area (Å²) in [6.45, 7) is 1.76. The monoisotopic (exact) mass is 385 g/mol. The van der Waals surface area contributed by atoms with Crippen molar-refractivity contribution in [1.82, 2.24) is 10.6 Å². The highest BCUT2D eigenvalue weighted by molar-refractivity contribution is 5.79.